The summed E-state index contributed by atoms with van der Waals surface area (Å²) in [5.41, 5.74) is 0.394. The lowest BCUT2D eigenvalue weighted by atomic mass is 10.1. The molecule has 2 aromatic carbocycles. The minimum Gasteiger partial charge on any atom is -0.457 e. The number of halogens is 3. The van der Waals surface area contributed by atoms with Gasteiger partial charge in [0, 0.05) is 5.56 Å². The Morgan fingerprint density at radius 1 is 1.10 bits per heavy atom. The van der Waals surface area contributed by atoms with Gasteiger partial charge in [0.1, 0.15) is 11.5 Å². The molecule has 6 heteroatoms. The van der Waals surface area contributed by atoms with Crippen LogP contribution in [0.2, 0.25) is 0 Å². The summed E-state index contributed by atoms with van der Waals surface area (Å²) in [4.78, 5) is 12.7. The fourth-order valence-corrected chi connectivity index (χ4v) is 4.06. The summed E-state index contributed by atoms with van der Waals surface area (Å²) >= 11 is 17.7. The van der Waals surface area contributed by atoms with Crippen LogP contribution >= 0.6 is 34.8 Å². The van der Waals surface area contributed by atoms with Crippen molar-refractivity contribution in [2.75, 3.05) is 0 Å². The zero-order valence-electron chi connectivity index (χ0n) is 16.1. The highest BCUT2D eigenvalue weighted by Crippen LogP contribution is 2.63. The number of ether oxygens (including phenoxy) is 2. The monoisotopic (exact) mass is 450 g/mol. The highest BCUT2D eigenvalue weighted by molar-refractivity contribution is 6.67. The summed E-state index contributed by atoms with van der Waals surface area (Å²) < 4.78 is 9.96. The minimum absolute atomic E-state index is 0.0671. The Morgan fingerprint density at radius 2 is 1.69 bits per heavy atom. The van der Waals surface area contributed by atoms with E-state index in [0.29, 0.717) is 11.3 Å². The first-order chi connectivity index (χ1) is 13.6. The van der Waals surface area contributed by atoms with Crippen LogP contribution in [-0.4, -0.2) is 9.76 Å². The molecule has 0 aliphatic heterocycles. The van der Waals surface area contributed by atoms with Crippen molar-refractivity contribution in [3.63, 3.8) is 0 Å². The maximum Gasteiger partial charge on any atom is 0.311 e. The van der Waals surface area contributed by atoms with Crippen molar-refractivity contribution in [1.82, 2.24) is 0 Å². The Morgan fingerprint density at radius 3 is 2.24 bits per heavy atom. The van der Waals surface area contributed by atoms with Crippen LogP contribution in [0.5, 0.6) is 11.5 Å². The third kappa shape index (κ3) is 5.39. The molecule has 3 rings (SSSR count). The summed E-state index contributed by atoms with van der Waals surface area (Å²) in [6.07, 6.45) is 5.11. The number of carbonyl (C=O) groups excluding carboxylic acids is 1. The van der Waals surface area contributed by atoms with Gasteiger partial charge in [-0.1, -0.05) is 84.9 Å². The van der Waals surface area contributed by atoms with Crippen molar-refractivity contribution >= 4 is 40.8 Å². The molecule has 1 fully saturated rings. The Kier molecular flexibility index (Phi) is 6.39. The van der Waals surface area contributed by atoms with Gasteiger partial charge in [0.05, 0.1) is 5.92 Å². The largest absolute Gasteiger partial charge is 0.457 e. The van der Waals surface area contributed by atoms with E-state index < -0.39 is 9.90 Å². The highest BCUT2D eigenvalue weighted by Gasteiger charge is 2.64. The van der Waals surface area contributed by atoms with Crippen LogP contribution in [0.25, 0.3) is 0 Å². The second kappa shape index (κ2) is 8.48. The topological polar surface area (TPSA) is 35.5 Å². The van der Waals surface area contributed by atoms with E-state index in [1.165, 1.54) is 0 Å². The molecule has 0 aromatic heterocycles. The lowest BCUT2D eigenvalue weighted by Crippen LogP contribution is -2.15. The van der Waals surface area contributed by atoms with E-state index in [1.807, 2.05) is 44.2 Å². The molecule has 1 aliphatic rings. The van der Waals surface area contributed by atoms with Gasteiger partial charge in [-0.3, -0.25) is 4.79 Å². The maximum absolute atomic E-state index is 12.7. The number of hydrogen-bond donors (Lipinski definition) is 0. The molecule has 1 aliphatic carbocycles. The summed E-state index contributed by atoms with van der Waals surface area (Å²) in [6, 6.07) is 16.6. The van der Waals surface area contributed by atoms with Crippen LogP contribution in [-0.2, 0) is 9.53 Å². The van der Waals surface area contributed by atoms with Crippen molar-refractivity contribution in [3.8, 4) is 23.8 Å². The number of alkyl halides is 3. The first-order valence-electron chi connectivity index (χ1n) is 9.18. The molecule has 0 spiro atoms. The molecule has 0 heterocycles. The van der Waals surface area contributed by atoms with Crippen LogP contribution < -0.4 is 4.74 Å². The summed E-state index contributed by atoms with van der Waals surface area (Å²) in [7, 11) is 0. The molecule has 0 radical (unpaired) electrons. The van der Waals surface area contributed by atoms with E-state index in [0.717, 1.165) is 5.75 Å². The van der Waals surface area contributed by atoms with Gasteiger partial charge in [-0.15, -0.1) is 6.42 Å². The number of benzene rings is 2. The van der Waals surface area contributed by atoms with Gasteiger partial charge in [-0.05, 0) is 42.0 Å². The van der Waals surface area contributed by atoms with E-state index in [-0.39, 0.29) is 29.6 Å². The molecule has 0 N–H and O–H groups in total. The van der Waals surface area contributed by atoms with Gasteiger partial charge in [0.25, 0.3) is 0 Å². The van der Waals surface area contributed by atoms with Gasteiger partial charge in [0.2, 0.25) is 0 Å². The number of hydrogen-bond acceptors (Lipinski definition) is 3. The Labute approximate surface area is 186 Å². The molecule has 3 nitrogen and oxygen atoms in total. The molecule has 1 saturated carbocycles. The Hall–Kier alpha value is -1.86. The molecule has 0 bridgehead atoms. The van der Waals surface area contributed by atoms with Crippen molar-refractivity contribution in [1.29, 1.82) is 0 Å². The van der Waals surface area contributed by atoms with Gasteiger partial charge < -0.3 is 9.47 Å². The fourth-order valence-electron chi connectivity index (χ4n) is 3.57. The van der Waals surface area contributed by atoms with E-state index in [4.69, 9.17) is 50.7 Å². The third-order valence-corrected chi connectivity index (χ3v) is 5.77. The van der Waals surface area contributed by atoms with Gasteiger partial charge in [-0.2, -0.15) is 0 Å². The second-order valence-corrected chi connectivity index (χ2v) is 10.2. The first-order valence-corrected chi connectivity index (χ1v) is 10.3. The molecular formula is C23H21Cl3O3. The lowest BCUT2D eigenvalue weighted by molar-refractivity contribution is -0.149. The number of carbonyl (C=O) groups is 1. The average Bonchev–Trinajstić information content (AvgIpc) is 3.19. The molecule has 3 atom stereocenters. The standard InChI is InChI=1S/C23H21Cl3O3/c1-4-19(29-21(27)20-18(22(20,2)3)14-23(24,25)26)15-10-12-17(13-11-15)28-16-8-6-5-7-9-16/h1,5-13,18-20H,14H2,2-3H3. The number of esters is 1. The lowest BCUT2D eigenvalue weighted by Gasteiger charge is -2.14. The zero-order valence-corrected chi connectivity index (χ0v) is 18.3. The normalized spacial score (nSPS) is 21.0. The van der Waals surface area contributed by atoms with Crippen molar-refractivity contribution in [2.45, 2.75) is 30.2 Å². The van der Waals surface area contributed by atoms with Crippen molar-refractivity contribution < 1.29 is 14.3 Å². The number of para-hydroxylation sites is 1. The average molecular weight is 452 g/mol. The summed E-state index contributed by atoms with van der Waals surface area (Å²) in [5.74, 6) is 3.13. The molecule has 152 valence electrons. The Bertz CT molecular complexity index is 896. The SMILES string of the molecule is C#CC(OC(=O)C1C(CC(Cl)(Cl)Cl)C1(C)C)c1ccc(Oc2ccccc2)cc1. The van der Waals surface area contributed by atoms with Crippen LogP contribution in [0.4, 0.5) is 0 Å². The molecule has 3 unspecified atom stereocenters. The van der Waals surface area contributed by atoms with Crippen LogP contribution in [0, 0.1) is 29.6 Å². The minimum atomic E-state index is -1.41. The van der Waals surface area contributed by atoms with E-state index >= 15 is 0 Å². The molecular weight excluding hydrogens is 431 g/mol. The van der Waals surface area contributed by atoms with Gasteiger partial charge in [0.15, 0.2) is 9.90 Å². The maximum atomic E-state index is 12.7. The molecule has 29 heavy (non-hydrogen) atoms. The smallest absolute Gasteiger partial charge is 0.311 e. The summed E-state index contributed by atoms with van der Waals surface area (Å²) in [5, 5.41) is 0. The quantitative estimate of drug-likeness (QED) is 0.277. The first kappa shape index (κ1) is 21.8. The molecule has 2 aromatic rings. The fraction of sp³-hybridized carbons (Fsp3) is 0.348. The van der Waals surface area contributed by atoms with Crippen LogP contribution in [0.1, 0.15) is 31.9 Å². The van der Waals surface area contributed by atoms with Gasteiger partial charge >= 0.3 is 5.97 Å². The predicted molar refractivity (Wildman–Crippen MR) is 116 cm³/mol. The van der Waals surface area contributed by atoms with Crippen LogP contribution in [0.15, 0.2) is 54.6 Å². The Balaban J connectivity index is 1.64. The molecule has 0 saturated heterocycles. The van der Waals surface area contributed by atoms with E-state index in [1.54, 1.807) is 24.3 Å². The van der Waals surface area contributed by atoms with Crippen LogP contribution in [0.3, 0.4) is 0 Å². The zero-order chi connectivity index (χ0) is 21.2. The van der Waals surface area contributed by atoms with Crippen molar-refractivity contribution in [2.24, 2.45) is 17.3 Å². The number of rotatable bonds is 6. The van der Waals surface area contributed by atoms with E-state index in [2.05, 4.69) is 5.92 Å². The third-order valence-electron chi connectivity index (χ3n) is 5.30. The number of terminal acetylenes is 1. The van der Waals surface area contributed by atoms with Crippen molar-refractivity contribution in [3.05, 3.63) is 60.2 Å². The van der Waals surface area contributed by atoms with Gasteiger partial charge in [-0.25, -0.2) is 0 Å². The van der Waals surface area contributed by atoms with E-state index in [9.17, 15) is 4.79 Å². The second-order valence-electron chi connectivity index (χ2n) is 7.69. The predicted octanol–water partition coefficient (Wildman–Crippen LogP) is 6.73. The molecule has 0 amide bonds. The highest BCUT2D eigenvalue weighted by atomic mass is 35.6. The summed E-state index contributed by atoms with van der Waals surface area (Å²) in [6.45, 7) is 3.92.